The van der Waals surface area contributed by atoms with E-state index in [9.17, 15) is 4.39 Å². The molecule has 0 saturated carbocycles. The topological polar surface area (TPSA) is 43.8 Å². The largest absolute Gasteiger partial charge is 0.334 e. The van der Waals surface area contributed by atoms with Crippen molar-refractivity contribution in [3.05, 3.63) is 42.0 Å². The lowest BCUT2D eigenvalue weighted by Crippen LogP contribution is -2.08. The minimum Gasteiger partial charge on any atom is -0.334 e. The summed E-state index contributed by atoms with van der Waals surface area (Å²) in [5, 5.41) is 0. The second-order valence-electron chi connectivity index (χ2n) is 3.88. The lowest BCUT2D eigenvalue weighted by atomic mass is 10.0. The zero-order valence-electron chi connectivity index (χ0n) is 9.31. The number of benzene rings is 1. The summed E-state index contributed by atoms with van der Waals surface area (Å²) in [6.07, 6.45) is 3.51. The fraction of sp³-hybridized carbons (Fsp3) is 0.250. The molecule has 16 heavy (non-hydrogen) atoms. The molecule has 0 aliphatic carbocycles. The molecular formula is C12H14FN3. The van der Waals surface area contributed by atoms with Crippen molar-refractivity contribution in [2.45, 2.75) is 13.0 Å². The Bertz CT molecular complexity index is 503. The van der Waals surface area contributed by atoms with E-state index in [2.05, 4.69) is 4.98 Å². The fourth-order valence-corrected chi connectivity index (χ4v) is 1.74. The maximum absolute atomic E-state index is 13.3. The third-order valence-electron chi connectivity index (χ3n) is 2.57. The second kappa shape index (κ2) is 4.06. The predicted molar refractivity (Wildman–Crippen MR) is 61.2 cm³/mol. The lowest BCUT2D eigenvalue weighted by molar-refractivity contribution is 0.626. The number of hydrogen-bond donors (Lipinski definition) is 1. The van der Waals surface area contributed by atoms with Gasteiger partial charge < -0.3 is 10.3 Å². The molecule has 0 aliphatic rings. The SMILES string of the molecule is CC(N)c1ccc(F)cc1-c1nccn1C. The summed E-state index contributed by atoms with van der Waals surface area (Å²) in [7, 11) is 1.87. The van der Waals surface area contributed by atoms with Crippen molar-refractivity contribution in [2.24, 2.45) is 12.8 Å². The average Bonchev–Trinajstić information content (AvgIpc) is 2.63. The molecule has 2 N–H and O–H groups in total. The first-order chi connectivity index (χ1) is 7.59. The number of nitrogens with two attached hydrogens (primary N) is 1. The van der Waals surface area contributed by atoms with Crippen molar-refractivity contribution in [3.63, 3.8) is 0 Å². The van der Waals surface area contributed by atoms with E-state index in [1.165, 1.54) is 12.1 Å². The molecule has 1 aromatic carbocycles. The minimum atomic E-state index is -0.276. The molecule has 4 heteroatoms. The Morgan fingerprint density at radius 3 is 2.75 bits per heavy atom. The van der Waals surface area contributed by atoms with Gasteiger partial charge in [-0.15, -0.1) is 0 Å². The molecule has 0 spiro atoms. The normalized spacial score (nSPS) is 12.8. The van der Waals surface area contributed by atoms with Gasteiger partial charge in [0, 0.05) is 31.0 Å². The Labute approximate surface area is 93.7 Å². The monoisotopic (exact) mass is 219 g/mol. The van der Waals surface area contributed by atoms with Gasteiger partial charge in [0.1, 0.15) is 11.6 Å². The number of imidazole rings is 1. The van der Waals surface area contributed by atoms with E-state index in [0.717, 1.165) is 17.0 Å². The Balaban J connectivity index is 2.63. The predicted octanol–water partition coefficient (Wildman–Crippen LogP) is 2.25. The summed E-state index contributed by atoms with van der Waals surface area (Å²) in [5.41, 5.74) is 7.51. The van der Waals surface area contributed by atoms with Crippen LogP contribution in [0.15, 0.2) is 30.6 Å². The van der Waals surface area contributed by atoms with E-state index in [-0.39, 0.29) is 11.9 Å². The summed E-state index contributed by atoms with van der Waals surface area (Å²) in [6.45, 7) is 1.87. The maximum Gasteiger partial charge on any atom is 0.140 e. The summed E-state index contributed by atoms with van der Waals surface area (Å²) in [4.78, 5) is 4.21. The molecule has 3 nitrogen and oxygen atoms in total. The van der Waals surface area contributed by atoms with Crippen molar-refractivity contribution in [3.8, 4) is 11.4 Å². The van der Waals surface area contributed by atoms with Gasteiger partial charge in [-0.3, -0.25) is 0 Å². The van der Waals surface area contributed by atoms with E-state index < -0.39 is 0 Å². The van der Waals surface area contributed by atoms with Gasteiger partial charge in [0.15, 0.2) is 0 Å². The molecule has 0 radical (unpaired) electrons. The van der Waals surface area contributed by atoms with Crippen LogP contribution in [0.2, 0.25) is 0 Å². The third kappa shape index (κ3) is 1.84. The van der Waals surface area contributed by atoms with Gasteiger partial charge in [-0.1, -0.05) is 6.07 Å². The van der Waals surface area contributed by atoms with Crippen LogP contribution in [-0.4, -0.2) is 9.55 Å². The van der Waals surface area contributed by atoms with Crippen LogP contribution in [0.4, 0.5) is 4.39 Å². The van der Waals surface area contributed by atoms with E-state index in [1.54, 1.807) is 12.3 Å². The summed E-state index contributed by atoms with van der Waals surface area (Å²) in [6, 6.07) is 4.46. The second-order valence-corrected chi connectivity index (χ2v) is 3.88. The number of halogens is 1. The Hall–Kier alpha value is -1.68. The zero-order valence-corrected chi connectivity index (χ0v) is 9.31. The third-order valence-corrected chi connectivity index (χ3v) is 2.57. The Kier molecular flexibility index (Phi) is 2.75. The summed E-state index contributed by atoms with van der Waals surface area (Å²) >= 11 is 0. The number of nitrogens with zero attached hydrogens (tertiary/aromatic N) is 2. The quantitative estimate of drug-likeness (QED) is 0.841. The highest BCUT2D eigenvalue weighted by Gasteiger charge is 2.13. The minimum absolute atomic E-state index is 0.146. The van der Waals surface area contributed by atoms with E-state index >= 15 is 0 Å². The van der Waals surface area contributed by atoms with Crippen LogP contribution in [0.5, 0.6) is 0 Å². The highest BCUT2D eigenvalue weighted by molar-refractivity contribution is 5.61. The Morgan fingerprint density at radius 1 is 1.44 bits per heavy atom. The first-order valence-corrected chi connectivity index (χ1v) is 5.12. The van der Waals surface area contributed by atoms with Crippen molar-refractivity contribution >= 4 is 0 Å². The molecule has 0 amide bonds. The number of hydrogen-bond acceptors (Lipinski definition) is 2. The summed E-state index contributed by atoms with van der Waals surface area (Å²) < 4.78 is 15.1. The first-order valence-electron chi connectivity index (χ1n) is 5.12. The van der Waals surface area contributed by atoms with Gasteiger partial charge in [-0.2, -0.15) is 0 Å². The zero-order chi connectivity index (χ0) is 11.7. The van der Waals surface area contributed by atoms with Crippen molar-refractivity contribution < 1.29 is 4.39 Å². The smallest absolute Gasteiger partial charge is 0.140 e. The number of aromatic nitrogens is 2. The Morgan fingerprint density at radius 2 is 2.19 bits per heavy atom. The van der Waals surface area contributed by atoms with Crippen LogP contribution in [0, 0.1) is 5.82 Å². The molecule has 0 bridgehead atoms. The molecule has 2 aromatic rings. The number of rotatable bonds is 2. The average molecular weight is 219 g/mol. The molecule has 1 heterocycles. The molecule has 0 fully saturated rings. The van der Waals surface area contributed by atoms with Crippen LogP contribution < -0.4 is 5.73 Å². The van der Waals surface area contributed by atoms with Crippen LogP contribution >= 0.6 is 0 Å². The van der Waals surface area contributed by atoms with Crippen LogP contribution in [0.25, 0.3) is 11.4 Å². The fourth-order valence-electron chi connectivity index (χ4n) is 1.74. The summed E-state index contributed by atoms with van der Waals surface area (Å²) in [5.74, 6) is 0.453. The standard InChI is InChI=1S/C12H14FN3/c1-8(14)10-4-3-9(13)7-11(10)12-15-5-6-16(12)2/h3-8H,14H2,1-2H3. The van der Waals surface area contributed by atoms with Gasteiger partial charge in [0.2, 0.25) is 0 Å². The van der Waals surface area contributed by atoms with Crippen LogP contribution in [0.3, 0.4) is 0 Å². The number of aryl methyl sites for hydroxylation is 1. The molecule has 2 rings (SSSR count). The van der Waals surface area contributed by atoms with Crippen LogP contribution in [-0.2, 0) is 7.05 Å². The lowest BCUT2D eigenvalue weighted by Gasteiger charge is -2.12. The van der Waals surface area contributed by atoms with Gasteiger partial charge >= 0.3 is 0 Å². The van der Waals surface area contributed by atoms with Gasteiger partial charge in [-0.05, 0) is 24.6 Å². The van der Waals surface area contributed by atoms with Crippen molar-refractivity contribution in [1.29, 1.82) is 0 Å². The highest BCUT2D eigenvalue weighted by atomic mass is 19.1. The molecule has 0 aliphatic heterocycles. The van der Waals surface area contributed by atoms with Gasteiger partial charge in [0.25, 0.3) is 0 Å². The van der Waals surface area contributed by atoms with E-state index in [0.29, 0.717) is 0 Å². The first kappa shape index (κ1) is 10.8. The van der Waals surface area contributed by atoms with Crippen molar-refractivity contribution in [2.75, 3.05) is 0 Å². The van der Waals surface area contributed by atoms with Crippen LogP contribution in [0.1, 0.15) is 18.5 Å². The van der Waals surface area contributed by atoms with E-state index in [4.69, 9.17) is 5.73 Å². The molecule has 0 saturated heterocycles. The molecule has 1 unspecified atom stereocenters. The van der Waals surface area contributed by atoms with Gasteiger partial charge in [-0.25, -0.2) is 9.37 Å². The van der Waals surface area contributed by atoms with E-state index in [1.807, 2.05) is 24.7 Å². The molecular weight excluding hydrogens is 205 g/mol. The molecule has 1 aromatic heterocycles. The highest BCUT2D eigenvalue weighted by Crippen LogP contribution is 2.26. The van der Waals surface area contributed by atoms with Gasteiger partial charge in [0.05, 0.1) is 0 Å². The van der Waals surface area contributed by atoms with Crippen molar-refractivity contribution in [1.82, 2.24) is 9.55 Å². The maximum atomic E-state index is 13.3. The molecule has 84 valence electrons. The molecule has 1 atom stereocenters.